The molecule has 3 heterocycles. The van der Waals surface area contributed by atoms with E-state index in [9.17, 15) is 0 Å². The number of hydrogen-bond acceptors (Lipinski definition) is 6. The Morgan fingerprint density at radius 2 is 1.90 bits per heavy atom. The number of anilines is 1. The van der Waals surface area contributed by atoms with Gasteiger partial charge in [0.15, 0.2) is 11.5 Å². The minimum absolute atomic E-state index is 0.610. The van der Waals surface area contributed by atoms with Crippen molar-refractivity contribution in [3.63, 3.8) is 0 Å². The van der Waals surface area contributed by atoms with Crippen molar-refractivity contribution in [3.8, 4) is 22.8 Å². The van der Waals surface area contributed by atoms with Gasteiger partial charge in [0.2, 0.25) is 5.95 Å². The first-order valence-corrected chi connectivity index (χ1v) is 6.59. The van der Waals surface area contributed by atoms with Crippen LogP contribution in [0.1, 0.15) is 11.5 Å². The average molecular weight is 284 g/mol. The van der Waals surface area contributed by atoms with Gasteiger partial charge in [-0.1, -0.05) is 5.16 Å². The van der Waals surface area contributed by atoms with E-state index in [2.05, 4.69) is 15.1 Å². The lowest BCUT2D eigenvalue weighted by Gasteiger charge is -2.12. The molecule has 0 N–H and O–H groups in total. The Morgan fingerprint density at radius 1 is 1.10 bits per heavy atom. The van der Waals surface area contributed by atoms with Crippen molar-refractivity contribution in [2.75, 3.05) is 19.0 Å². The normalized spacial score (nSPS) is 10.9. The number of aromatic nitrogens is 3. The van der Waals surface area contributed by atoms with Crippen LogP contribution in [-0.2, 0) is 0 Å². The van der Waals surface area contributed by atoms with Gasteiger partial charge in [-0.2, -0.15) is 0 Å². The Hall–Kier alpha value is -2.63. The molecule has 0 aliphatic carbocycles. The molecule has 3 rings (SSSR count). The van der Waals surface area contributed by atoms with Crippen LogP contribution in [0.25, 0.3) is 22.8 Å². The van der Waals surface area contributed by atoms with Gasteiger partial charge in [-0.15, -0.1) is 0 Å². The van der Waals surface area contributed by atoms with Crippen molar-refractivity contribution in [2.24, 2.45) is 0 Å². The maximum Gasteiger partial charge on any atom is 0.225 e. The van der Waals surface area contributed by atoms with E-state index in [1.165, 1.54) is 0 Å². The predicted octanol–water partition coefficient (Wildman–Crippen LogP) is 3.07. The molecule has 0 spiro atoms. The topological polar surface area (TPSA) is 68.2 Å². The average Bonchev–Trinajstić information content (AvgIpc) is 3.07. The molecular formula is C15H16N4O2. The first kappa shape index (κ1) is 13.4. The first-order valence-electron chi connectivity index (χ1n) is 6.59. The summed E-state index contributed by atoms with van der Waals surface area (Å²) in [5.41, 5.74) is 2.26. The van der Waals surface area contributed by atoms with Crippen molar-refractivity contribution in [3.05, 3.63) is 35.9 Å². The lowest BCUT2D eigenvalue weighted by atomic mass is 10.1. The fraction of sp³-hybridized carbons (Fsp3) is 0.267. The summed E-state index contributed by atoms with van der Waals surface area (Å²) in [4.78, 5) is 10.8. The second-order valence-corrected chi connectivity index (χ2v) is 5.07. The molecule has 0 fully saturated rings. The molecule has 0 saturated heterocycles. The smallest absolute Gasteiger partial charge is 0.225 e. The van der Waals surface area contributed by atoms with Gasteiger partial charge in [0.05, 0.1) is 11.3 Å². The monoisotopic (exact) mass is 284 g/mol. The molecule has 0 saturated carbocycles. The van der Waals surface area contributed by atoms with Gasteiger partial charge in [-0.05, 0) is 26.0 Å². The zero-order valence-electron chi connectivity index (χ0n) is 12.4. The van der Waals surface area contributed by atoms with Gasteiger partial charge in [0, 0.05) is 26.4 Å². The quantitative estimate of drug-likeness (QED) is 0.736. The number of aryl methyl sites for hydroxylation is 2. The van der Waals surface area contributed by atoms with E-state index in [0.29, 0.717) is 23.2 Å². The number of furan rings is 1. The Kier molecular flexibility index (Phi) is 3.21. The maximum absolute atomic E-state index is 5.70. The third-order valence-electron chi connectivity index (χ3n) is 3.04. The van der Waals surface area contributed by atoms with E-state index >= 15 is 0 Å². The second kappa shape index (κ2) is 5.05. The van der Waals surface area contributed by atoms with Crippen molar-refractivity contribution in [2.45, 2.75) is 13.8 Å². The molecule has 6 heteroatoms. The Bertz CT molecular complexity index is 774. The largest absolute Gasteiger partial charge is 0.460 e. The fourth-order valence-electron chi connectivity index (χ4n) is 2.01. The highest BCUT2D eigenvalue weighted by Gasteiger charge is 2.18. The Labute approximate surface area is 122 Å². The molecular weight excluding hydrogens is 268 g/mol. The lowest BCUT2D eigenvalue weighted by molar-refractivity contribution is 0.427. The van der Waals surface area contributed by atoms with Crippen LogP contribution in [0, 0.1) is 13.8 Å². The third kappa shape index (κ3) is 2.52. The zero-order valence-corrected chi connectivity index (χ0v) is 12.4. The summed E-state index contributed by atoms with van der Waals surface area (Å²) in [6.45, 7) is 3.77. The summed E-state index contributed by atoms with van der Waals surface area (Å²) < 4.78 is 11.0. The molecule has 21 heavy (non-hydrogen) atoms. The Balaban J connectivity index is 2.19. The molecule has 108 valence electrons. The summed E-state index contributed by atoms with van der Waals surface area (Å²) in [5, 5.41) is 3.92. The van der Waals surface area contributed by atoms with Crippen LogP contribution in [0.5, 0.6) is 0 Å². The summed E-state index contributed by atoms with van der Waals surface area (Å²) in [5.74, 6) is 2.75. The fourth-order valence-corrected chi connectivity index (χ4v) is 2.01. The molecule has 0 amide bonds. The predicted molar refractivity (Wildman–Crippen MR) is 79.0 cm³/mol. The summed E-state index contributed by atoms with van der Waals surface area (Å²) >= 11 is 0. The minimum Gasteiger partial charge on any atom is -0.460 e. The minimum atomic E-state index is 0.610. The molecule has 0 bridgehead atoms. The van der Waals surface area contributed by atoms with Crippen LogP contribution in [0.3, 0.4) is 0 Å². The molecule has 6 nitrogen and oxygen atoms in total. The molecule has 3 aromatic rings. The lowest BCUT2D eigenvalue weighted by Crippen LogP contribution is -2.13. The van der Waals surface area contributed by atoms with E-state index < -0.39 is 0 Å². The standard InChI is InChI=1S/C15H16N4O2/c1-9-7-13(21-18-9)11-8-16-15(19(3)4)17-14(11)12-6-5-10(2)20-12/h5-8H,1-4H3. The van der Waals surface area contributed by atoms with Crippen molar-refractivity contribution < 1.29 is 8.94 Å². The van der Waals surface area contributed by atoms with E-state index in [4.69, 9.17) is 8.94 Å². The highest BCUT2D eigenvalue weighted by molar-refractivity contribution is 5.76. The van der Waals surface area contributed by atoms with Gasteiger partial charge in [0.25, 0.3) is 0 Å². The second-order valence-electron chi connectivity index (χ2n) is 5.07. The molecule has 0 unspecified atom stereocenters. The van der Waals surface area contributed by atoms with Crippen LogP contribution < -0.4 is 4.90 Å². The SMILES string of the molecule is Cc1cc(-c2cnc(N(C)C)nc2-c2ccc(C)o2)on1. The van der Waals surface area contributed by atoms with Gasteiger partial charge in [0.1, 0.15) is 11.5 Å². The first-order chi connectivity index (χ1) is 10.0. The van der Waals surface area contributed by atoms with E-state index in [0.717, 1.165) is 17.0 Å². The summed E-state index contributed by atoms with van der Waals surface area (Å²) in [7, 11) is 3.79. The summed E-state index contributed by atoms with van der Waals surface area (Å²) in [6, 6.07) is 5.65. The molecule has 0 radical (unpaired) electrons. The van der Waals surface area contributed by atoms with Gasteiger partial charge in [-0.25, -0.2) is 9.97 Å². The van der Waals surface area contributed by atoms with Gasteiger partial charge < -0.3 is 13.8 Å². The van der Waals surface area contributed by atoms with Crippen molar-refractivity contribution >= 4 is 5.95 Å². The highest BCUT2D eigenvalue weighted by Crippen LogP contribution is 2.32. The van der Waals surface area contributed by atoms with E-state index in [1.807, 2.05) is 51.0 Å². The van der Waals surface area contributed by atoms with Crippen LogP contribution >= 0.6 is 0 Å². The van der Waals surface area contributed by atoms with Crippen molar-refractivity contribution in [1.82, 2.24) is 15.1 Å². The van der Waals surface area contributed by atoms with Gasteiger partial charge in [-0.3, -0.25) is 0 Å². The number of nitrogens with zero attached hydrogens (tertiary/aromatic N) is 4. The summed E-state index contributed by atoms with van der Waals surface area (Å²) in [6.07, 6.45) is 1.73. The van der Waals surface area contributed by atoms with Crippen LogP contribution in [0.2, 0.25) is 0 Å². The van der Waals surface area contributed by atoms with Crippen LogP contribution in [0.4, 0.5) is 5.95 Å². The molecule has 0 aliphatic heterocycles. The van der Waals surface area contributed by atoms with Crippen LogP contribution in [-0.4, -0.2) is 29.2 Å². The van der Waals surface area contributed by atoms with Crippen LogP contribution in [0.15, 0.2) is 33.3 Å². The third-order valence-corrected chi connectivity index (χ3v) is 3.04. The molecule has 0 atom stereocenters. The number of hydrogen-bond donors (Lipinski definition) is 0. The molecule has 3 aromatic heterocycles. The number of rotatable bonds is 3. The zero-order chi connectivity index (χ0) is 15.0. The van der Waals surface area contributed by atoms with E-state index in [1.54, 1.807) is 6.20 Å². The highest BCUT2D eigenvalue weighted by atomic mass is 16.5. The molecule has 0 aromatic carbocycles. The van der Waals surface area contributed by atoms with Gasteiger partial charge >= 0.3 is 0 Å². The molecule has 0 aliphatic rings. The Morgan fingerprint density at radius 3 is 2.48 bits per heavy atom. The van der Waals surface area contributed by atoms with E-state index in [-0.39, 0.29) is 0 Å². The maximum atomic E-state index is 5.70. The van der Waals surface area contributed by atoms with Crippen molar-refractivity contribution in [1.29, 1.82) is 0 Å².